The van der Waals surface area contributed by atoms with E-state index < -0.39 is 11.7 Å². The standard InChI is InChI=1S/C17H24N2O5/c1-17(2,3)23-16(22)18-24-14-7-9-19(10-8-14)15(21)12-5-4-6-13(20)11-12/h4-6,11,14,20H,7-10H2,1-3H3,(H,18,22). The Bertz CT molecular complexity index is 589. The summed E-state index contributed by atoms with van der Waals surface area (Å²) >= 11 is 0. The summed E-state index contributed by atoms with van der Waals surface area (Å²) in [6.45, 7) is 6.37. The van der Waals surface area contributed by atoms with Crippen LogP contribution in [0.1, 0.15) is 44.0 Å². The topological polar surface area (TPSA) is 88.1 Å². The van der Waals surface area contributed by atoms with Gasteiger partial charge in [0.15, 0.2) is 0 Å². The van der Waals surface area contributed by atoms with Gasteiger partial charge in [-0.05, 0) is 51.8 Å². The Kier molecular flexibility index (Phi) is 5.66. The molecule has 0 spiro atoms. The SMILES string of the molecule is CC(C)(C)OC(=O)NOC1CCN(C(=O)c2cccc(O)c2)CC1. The van der Waals surface area contributed by atoms with E-state index in [0.29, 0.717) is 31.5 Å². The van der Waals surface area contributed by atoms with Crippen molar-refractivity contribution in [3.05, 3.63) is 29.8 Å². The van der Waals surface area contributed by atoms with Crippen molar-refractivity contribution < 1.29 is 24.3 Å². The van der Waals surface area contributed by atoms with E-state index in [0.717, 1.165) is 0 Å². The Morgan fingerprint density at radius 2 is 1.92 bits per heavy atom. The highest BCUT2D eigenvalue weighted by molar-refractivity contribution is 5.94. The number of aromatic hydroxyl groups is 1. The van der Waals surface area contributed by atoms with E-state index >= 15 is 0 Å². The molecule has 1 heterocycles. The zero-order valence-electron chi connectivity index (χ0n) is 14.2. The molecule has 1 saturated heterocycles. The lowest BCUT2D eigenvalue weighted by Crippen LogP contribution is -2.43. The third-order valence-corrected chi connectivity index (χ3v) is 3.53. The molecule has 24 heavy (non-hydrogen) atoms. The van der Waals surface area contributed by atoms with Crippen LogP contribution >= 0.6 is 0 Å². The molecule has 1 aromatic rings. The molecule has 2 amide bonds. The van der Waals surface area contributed by atoms with Crippen LogP contribution in [0.4, 0.5) is 4.79 Å². The monoisotopic (exact) mass is 336 g/mol. The molecule has 0 aliphatic carbocycles. The van der Waals surface area contributed by atoms with E-state index in [1.807, 2.05) is 0 Å². The Hall–Kier alpha value is -2.28. The number of phenolic OH excluding ortho intramolecular Hbond substituents is 1. The molecule has 2 rings (SSSR count). The van der Waals surface area contributed by atoms with E-state index in [1.54, 1.807) is 37.8 Å². The number of carbonyl (C=O) groups is 2. The summed E-state index contributed by atoms with van der Waals surface area (Å²) in [6.07, 6.45) is 0.437. The van der Waals surface area contributed by atoms with Gasteiger partial charge < -0.3 is 14.7 Å². The smallest absolute Gasteiger partial charge is 0.431 e. The van der Waals surface area contributed by atoms with Gasteiger partial charge >= 0.3 is 6.09 Å². The van der Waals surface area contributed by atoms with Crippen molar-refractivity contribution in [3.63, 3.8) is 0 Å². The first-order valence-corrected chi connectivity index (χ1v) is 7.97. The molecule has 7 heteroatoms. The second-order valence-corrected chi connectivity index (χ2v) is 6.76. The minimum absolute atomic E-state index is 0.0700. The third-order valence-electron chi connectivity index (χ3n) is 3.53. The molecule has 0 atom stereocenters. The Morgan fingerprint density at radius 3 is 2.50 bits per heavy atom. The summed E-state index contributed by atoms with van der Waals surface area (Å²) < 4.78 is 5.09. The number of hydrogen-bond donors (Lipinski definition) is 2. The van der Waals surface area contributed by atoms with E-state index in [9.17, 15) is 14.7 Å². The quantitative estimate of drug-likeness (QED) is 0.828. The predicted octanol–water partition coefficient (Wildman–Crippen LogP) is 2.45. The molecule has 1 aromatic carbocycles. The van der Waals surface area contributed by atoms with Crippen LogP contribution in [0.3, 0.4) is 0 Å². The van der Waals surface area contributed by atoms with Crippen LogP contribution in [0.15, 0.2) is 24.3 Å². The zero-order valence-corrected chi connectivity index (χ0v) is 14.2. The average Bonchev–Trinajstić information content (AvgIpc) is 2.51. The molecular weight excluding hydrogens is 312 g/mol. The van der Waals surface area contributed by atoms with E-state index in [4.69, 9.17) is 9.57 Å². The number of benzene rings is 1. The van der Waals surface area contributed by atoms with Gasteiger partial charge in [0.1, 0.15) is 11.4 Å². The molecule has 132 valence electrons. The number of hydroxylamine groups is 1. The molecule has 7 nitrogen and oxygen atoms in total. The van der Waals surface area contributed by atoms with Crippen LogP contribution < -0.4 is 5.48 Å². The maximum absolute atomic E-state index is 12.4. The van der Waals surface area contributed by atoms with Crippen molar-refractivity contribution in [3.8, 4) is 5.75 Å². The largest absolute Gasteiger partial charge is 0.508 e. The van der Waals surface area contributed by atoms with Gasteiger partial charge in [0.05, 0.1) is 6.10 Å². The first-order chi connectivity index (χ1) is 11.2. The molecular formula is C17H24N2O5. The van der Waals surface area contributed by atoms with Gasteiger partial charge in [-0.2, -0.15) is 5.48 Å². The number of piperidine rings is 1. The van der Waals surface area contributed by atoms with Gasteiger partial charge in [-0.25, -0.2) is 4.79 Å². The fraction of sp³-hybridized carbons (Fsp3) is 0.529. The lowest BCUT2D eigenvalue weighted by Gasteiger charge is -2.31. The maximum atomic E-state index is 12.4. The van der Waals surface area contributed by atoms with E-state index in [2.05, 4.69) is 5.48 Å². The van der Waals surface area contributed by atoms with Gasteiger partial charge in [0.2, 0.25) is 0 Å². The number of nitrogens with zero attached hydrogens (tertiary/aromatic N) is 1. The van der Waals surface area contributed by atoms with Gasteiger partial charge in [0, 0.05) is 18.7 Å². The minimum Gasteiger partial charge on any atom is -0.508 e. The second kappa shape index (κ2) is 7.53. The van der Waals surface area contributed by atoms with E-state index in [1.165, 1.54) is 12.1 Å². The Morgan fingerprint density at radius 1 is 1.25 bits per heavy atom. The lowest BCUT2D eigenvalue weighted by atomic mass is 10.1. The first-order valence-electron chi connectivity index (χ1n) is 7.97. The molecule has 1 fully saturated rings. The summed E-state index contributed by atoms with van der Waals surface area (Å²) in [6, 6.07) is 6.30. The summed E-state index contributed by atoms with van der Waals surface area (Å²) in [7, 11) is 0. The highest BCUT2D eigenvalue weighted by Crippen LogP contribution is 2.18. The summed E-state index contributed by atoms with van der Waals surface area (Å²) in [5, 5.41) is 9.46. The molecule has 2 N–H and O–H groups in total. The molecule has 0 aromatic heterocycles. The zero-order chi connectivity index (χ0) is 17.7. The fourth-order valence-electron chi connectivity index (χ4n) is 2.43. The summed E-state index contributed by atoms with van der Waals surface area (Å²) in [5.74, 6) is -0.0509. The number of phenols is 1. The summed E-state index contributed by atoms with van der Waals surface area (Å²) in [5.41, 5.74) is 2.18. The second-order valence-electron chi connectivity index (χ2n) is 6.76. The van der Waals surface area contributed by atoms with Crippen molar-refractivity contribution in [2.75, 3.05) is 13.1 Å². The normalized spacial score (nSPS) is 15.9. The van der Waals surface area contributed by atoms with Crippen molar-refractivity contribution in [2.45, 2.75) is 45.3 Å². The molecule has 0 saturated carbocycles. The van der Waals surface area contributed by atoms with Gasteiger partial charge in [-0.1, -0.05) is 6.07 Å². The number of hydrogen-bond acceptors (Lipinski definition) is 5. The molecule has 1 aliphatic heterocycles. The van der Waals surface area contributed by atoms with Crippen LogP contribution in [-0.4, -0.2) is 46.8 Å². The average molecular weight is 336 g/mol. The minimum atomic E-state index is -0.624. The molecule has 0 unspecified atom stereocenters. The van der Waals surface area contributed by atoms with Gasteiger partial charge in [-0.15, -0.1) is 0 Å². The molecule has 0 radical (unpaired) electrons. The first kappa shape index (κ1) is 18.1. The molecule has 1 aliphatic rings. The number of rotatable bonds is 3. The summed E-state index contributed by atoms with van der Waals surface area (Å²) in [4.78, 5) is 31.0. The van der Waals surface area contributed by atoms with Crippen LogP contribution in [0.25, 0.3) is 0 Å². The lowest BCUT2D eigenvalue weighted by molar-refractivity contribution is -0.0594. The van der Waals surface area contributed by atoms with Crippen LogP contribution in [0.5, 0.6) is 5.75 Å². The van der Waals surface area contributed by atoms with Crippen LogP contribution in [0, 0.1) is 0 Å². The third kappa shape index (κ3) is 5.42. The fourth-order valence-corrected chi connectivity index (χ4v) is 2.43. The Balaban J connectivity index is 1.77. The van der Waals surface area contributed by atoms with Crippen molar-refractivity contribution in [2.24, 2.45) is 0 Å². The van der Waals surface area contributed by atoms with Crippen molar-refractivity contribution >= 4 is 12.0 Å². The number of likely N-dealkylation sites (tertiary alicyclic amines) is 1. The number of carbonyl (C=O) groups excluding carboxylic acids is 2. The molecule has 0 bridgehead atoms. The van der Waals surface area contributed by atoms with E-state index in [-0.39, 0.29) is 17.8 Å². The van der Waals surface area contributed by atoms with Crippen LogP contribution in [-0.2, 0) is 9.57 Å². The number of ether oxygens (including phenoxy) is 1. The Labute approximate surface area is 141 Å². The highest BCUT2D eigenvalue weighted by atomic mass is 16.7. The number of nitrogens with one attached hydrogen (secondary N) is 1. The van der Waals surface area contributed by atoms with Crippen LogP contribution in [0.2, 0.25) is 0 Å². The predicted molar refractivity (Wildman–Crippen MR) is 87.5 cm³/mol. The number of amides is 2. The van der Waals surface area contributed by atoms with Crippen molar-refractivity contribution in [1.82, 2.24) is 10.4 Å². The highest BCUT2D eigenvalue weighted by Gasteiger charge is 2.25. The maximum Gasteiger partial charge on any atom is 0.431 e. The van der Waals surface area contributed by atoms with Crippen molar-refractivity contribution in [1.29, 1.82) is 0 Å². The van der Waals surface area contributed by atoms with Gasteiger partial charge in [-0.3, -0.25) is 9.63 Å². The van der Waals surface area contributed by atoms with Gasteiger partial charge in [0.25, 0.3) is 5.91 Å².